The molecular formula is C13H16F2O2. The predicted molar refractivity (Wildman–Crippen MR) is 61.2 cm³/mol. The second-order valence-corrected chi connectivity index (χ2v) is 3.87. The summed E-state index contributed by atoms with van der Waals surface area (Å²) in [4.78, 5) is 9.96. The van der Waals surface area contributed by atoms with E-state index < -0.39 is 19.0 Å². The fraction of sp³-hybridized carbons (Fsp3) is 0.462. The maximum absolute atomic E-state index is 12.8. The number of hydrogen-bond acceptors (Lipinski definition) is 2. The maximum atomic E-state index is 12.8. The molecule has 2 nitrogen and oxygen atoms in total. The van der Waals surface area contributed by atoms with Crippen LogP contribution in [0.4, 0.5) is 8.78 Å². The minimum atomic E-state index is -3.03. The number of rotatable bonds is 8. The Bertz CT molecular complexity index is 325. The zero-order valence-electron chi connectivity index (χ0n) is 9.57. The molecule has 4 heteroatoms. The molecule has 0 fully saturated rings. The highest BCUT2D eigenvalue weighted by Crippen LogP contribution is 2.17. The molecule has 0 spiro atoms. The zero-order valence-corrected chi connectivity index (χ0v) is 9.57. The molecule has 94 valence electrons. The summed E-state index contributed by atoms with van der Waals surface area (Å²) in [6, 6.07) is 9.78. The number of halogens is 2. The van der Waals surface area contributed by atoms with Gasteiger partial charge in [-0.3, -0.25) is 0 Å². The average Bonchev–Trinajstić information content (AvgIpc) is 2.30. The van der Waals surface area contributed by atoms with Crippen molar-refractivity contribution in [2.24, 2.45) is 0 Å². The van der Waals surface area contributed by atoms with Gasteiger partial charge in [-0.15, -0.1) is 0 Å². The van der Waals surface area contributed by atoms with Crippen LogP contribution in [0.3, 0.4) is 0 Å². The summed E-state index contributed by atoms with van der Waals surface area (Å²) in [5.41, 5.74) is 1.16. The third kappa shape index (κ3) is 6.12. The van der Waals surface area contributed by atoms with Gasteiger partial charge in [-0.05, 0) is 18.4 Å². The molecule has 0 atom stereocenters. The first kappa shape index (κ1) is 13.8. The SMILES string of the molecule is O=CCC(F)(F)COCCCc1ccccc1. The summed E-state index contributed by atoms with van der Waals surface area (Å²) in [6.07, 6.45) is 0.945. The van der Waals surface area contributed by atoms with E-state index in [-0.39, 0.29) is 12.9 Å². The molecule has 0 aromatic heterocycles. The third-order valence-corrected chi connectivity index (χ3v) is 2.29. The van der Waals surface area contributed by atoms with E-state index in [1.54, 1.807) is 0 Å². The van der Waals surface area contributed by atoms with Crippen LogP contribution in [0.15, 0.2) is 30.3 Å². The Morgan fingerprint density at radius 3 is 2.59 bits per heavy atom. The number of carbonyl (C=O) groups is 1. The summed E-state index contributed by atoms with van der Waals surface area (Å²) in [7, 11) is 0. The lowest BCUT2D eigenvalue weighted by atomic mass is 10.1. The summed E-state index contributed by atoms with van der Waals surface area (Å²) in [5.74, 6) is -3.03. The van der Waals surface area contributed by atoms with Crippen LogP contribution in [-0.4, -0.2) is 25.4 Å². The number of hydrogen-bond donors (Lipinski definition) is 0. The molecule has 0 saturated heterocycles. The lowest BCUT2D eigenvalue weighted by Gasteiger charge is -2.13. The molecule has 0 saturated carbocycles. The highest BCUT2D eigenvalue weighted by Gasteiger charge is 2.28. The van der Waals surface area contributed by atoms with Crippen molar-refractivity contribution in [2.45, 2.75) is 25.2 Å². The van der Waals surface area contributed by atoms with Gasteiger partial charge in [0.15, 0.2) is 0 Å². The van der Waals surface area contributed by atoms with Crippen molar-refractivity contribution in [1.29, 1.82) is 0 Å². The van der Waals surface area contributed by atoms with Crippen LogP contribution in [0.2, 0.25) is 0 Å². The monoisotopic (exact) mass is 242 g/mol. The lowest BCUT2D eigenvalue weighted by molar-refractivity contribution is -0.121. The number of benzene rings is 1. The Hall–Kier alpha value is -1.29. The molecule has 1 aromatic carbocycles. The van der Waals surface area contributed by atoms with Crippen LogP contribution in [0.25, 0.3) is 0 Å². The molecule has 1 aromatic rings. The number of alkyl halides is 2. The summed E-state index contributed by atoms with van der Waals surface area (Å²) >= 11 is 0. The fourth-order valence-corrected chi connectivity index (χ4v) is 1.43. The van der Waals surface area contributed by atoms with Gasteiger partial charge in [-0.25, -0.2) is 8.78 Å². The van der Waals surface area contributed by atoms with E-state index in [2.05, 4.69) is 0 Å². The third-order valence-electron chi connectivity index (χ3n) is 2.29. The largest absolute Gasteiger partial charge is 0.375 e. The fourth-order valence-electron chi connectivity index (χ4n) is 1.43. The zero-order chi connectivity index (χ0) is 12.6. The second-order valence-electron chi connectivity index (χ2n) is 3.87. The topological polar surface area (TPSA) is 26.3 Å². The highest BCUT2D eigenvalue weighted by atomic mass is 19.3. The van der Waals surface area contributed by atoms with Crippen LogP contribution in [0.1, 0.15) is 18.4 Å². The van der Waals surface area contributed by atoms with E-state index in [0.29, 0.717) is 6.42 Å². The van der Waals surface area contributed by atoms with Gasteiger partial charge in [-0.1, -0.05) is 30.3 Å². The molecule has 0 heterocycles. The first-order chi connectivity index (χ1) is 8.14. The van der Waals surface area contributed by atoms with Crippen LogP contribution in [0.5, 0.6) is 0 Å². The molecular weight excluding hydrogens is 226 g/mol. The van der Waals surface area contributed by atoms with Gasteiger partial charge < -0.3 is 9.53 Å². The van der Waals surface area contributed by atoms with Crippen LogP contribution in [0, 0.1) is 0 Å². The van der Waals surface area contributed by atoms with Crippen LogP contribution in [-0.2, 0) is 16.0 Å². The molecule has 0 unspecified atom stereocenters. The Balaban J connectivity index is 2.11. The Morgan fingerprint density at radius 1 is 1.24 bits per heavy atom. The minimum absolute atomic E-state index is 0.216. The molecule has 1 rings (SSSR count). The number of ether oxygens (including phenoxy) is 1. The van der Waals surface area contributed by atoms with Gasteiger partial charge in [0.25, 0.3) is 5.92 Å². The molecule has 17 heavy (non-hydrogen) atoms. The van der Waals surface area contributed by atoms with Crippen LogP contribution < -0.4 is 0 Å². The van der Waals surface area contributed by atoms with E-state index in [4.69, 9.17) is 4.74 Å². The van der Waals surface area contributed by atoms with Crippen molar-refractivity contribution in [3.05, 3.63) is 35.9 Å². The van der Waals surface area contributed by atoms with E-state index in [9.17, 15) is 13.6 Å². The van der Waals surface area contributed by atoms with Crippen molar-refractivity contribution in [1.82, 2.24) is 0 Å². The van der Waals surface area contributed by atoms with Crippen molar-refractivity contribution in [2.75, 3.05) is 13.2 Å². The van der Waals surface area contributed by atoms with Gasteiger partial charge in [0, 0.05) is 6.61 Å². The number of aldehydes is 1. The molecule has 0 aliphatic rings. The van der Waals surface area contributed by atoms with Crippen molar-refractivity contribution in [3.63, 3.8) is 0 Å². The lowest BCUT2D eigenvalue weighted by Crippen LogP contribution is -2.24. The summed E-state index contributed by atoms with van der Waals surface area (Å²) < 4.78 is 30.5. The maximum Gasteiger partial charge on any atom is 0.277 e. The molecule has 0 aliphatic heterocycles. The Morgan fingerprint density at radius 2 is 1.94 bits per heavy atom. The van der Waals surface area contributed by atoms with E-state index in [1.165, 1.54) is 0 Å². The minimum Gasteiger partial charge on any atom is -0.375 e. The highest BCUT2D eigenvalue weighted by molar-refractivity contribution is 5.50. The number of aryl methyl sites for hydroxylation is 1. The first-order valence-electron chi connectivity index (χ1n) is 5.57. The average molecular weight is 242 g/mol. The Labute approximate surface area is 99.6 Å². The van der Waals surface area contributed by atoms with Gasteiger partial charge in [-0.2, -0.15) is 0 Å². The first-order valence-corrected chi connectivity index (χ1v) is 5.57. The van der Waals surface area contributed by atoms with E-state index in [0.717, 1.165) is 12.0 Å². The Kier molecular flexibility index (Phi) is 5.77. The van der Waals surface area contributed by atoms with Crippen molar-refractivity contribution < 1.29 is 18.3 Å². The van der Waals surface area contributed by atoms with Gasteiger partial charge in [0.2, 0.25) is 0 Å². The molecule has 0 aliphatic carbocycles. The normalized spacial score (nSPS) is 11.4. The van der Waals surface area contributed by atoms with Crippen molar-refractivity contribution >= 4 is 6.29 Å². The van der Waals surface area contributed by atoms with Gasteiger partial charge >= 0.3 is 0 Å². The molecule has 0 amide bonds. The molecule has 0 radical (unpaired) electrons. The van der Waals surface area contributed by atoms with Crippen LogP contribution >= 0.6 is 0 Å². The summed E-state index contributed by atoms with van der Waals surface area (Å²) in [5, 5.41) is 0. The van der Waals surface area contributed by atoms with E-state index >= 15 is 0 Å². The molecule has 0 bridgehead atoms. The number of carbonyl (C=O) groups excluding carboxylic acids is 1. The van der Waals surface area contributed by atoms with E-state index in [1.807, 2.05) is 30.3 Å². The quantitative estimate of drug-likeness (QED) is 0.517. The summed E-state index contributed by atoms with van der Waals surface area (Å²) in [6.45, 7) is -0.399. The van der Waals surface area contributed by atoms with Gasteiger partial charge in [0.1, 0.15) is 12.9 Å². The standard InChI is InChI=1S/C13H16F2O2/c14-13(15,8-9-16)11-17-10-4-7-12-5-2-1-3-6-12/h1-3,5-6,9H,4,7-8,10-11H2. The molecule has 0 N–H and O–H groups in total. The smallest absolute Gasteiger partial charge is 0.277 e. The van der Waals surface area contributed by atoms with Gasteiger partial charge in [0.05, 0.1) is 6.42 Å². The predicted octanol–water partition coefficient (Wildman–Crippen LogP) is 2.86. The second kappa shape index (κ2) is 7.12. The van der Waals surface area contributed by atoms with Crippen molar-refractivity contribution in [3.8, 4) is 0 Å².